The van der Waals surface area contributed by atoms with Gasteiger partial charge in [0.1, 0.15) is 22.5 Å². The first-order valence-electron chi connectivity index (χ1n) is 8.48. The topological polar surface area (TPSA) is 76.4 Å². The van der Waals surface area contributed by atoms with Crippen molar-refractivity contribution in [2.45, 2.75) is 0 Å². The Morgan fingerprint density at radius 2 is 1.76 bits per heavy atom. The van der Waals surface area contributed by atoms with Gasteiger partial charge in [-0.1, -0.05) is 0 Å². The lowest BCUT2D eigenvalue weighted by molar-refractivity contribution is 0.324. The van der Waals surface area contributed by atoms with Crippen molar-refractivity contribution in [1.29, 1.82) is 5.26 Å². The maximum atomic E-state index is 13.1. The van der Waals surface area contributed by atoms with Crippen LogP contribution in [-0.2, 0) is 0 Å². The Bertz CT molecular complexity index is 1050. The molecule has 0 aliphatic heterocycles. The van der Waals surface area contributed by atoms with Gasteiger partial charge in [0.15, 0.2) is 11.5 Å². The van der Waals surface area contributed by atoms with Gasteiger partial charge >= 0.3 is 0 Å². The summed E-state index contributed by atoms with van der Waals surface area (Å²) in [5.41, 5.74) is 2.47. The first kappa shape index (κ1) is 20.2. The summed E-state index contributed by atoms with van der Waals surface area (Å²) in [6, 6.07) is 11.7. The highest BCUT2D eigenvalue weighted by Crippen LogP contribution is 2.40. The summed E-state index contributed by atoms with van der Waals surface area (Å²) in [5, 5.41) is 15.0. The van der Waals surface area contributed by atoms with Gasteiger partial charge in [0.2, 0.25) is 5.75 Å². The number of aromatic nitrogens is 1. The molecule has 6 nitrogen and oxygen atoms in total. The number of nitrogens with zero attached hydrogens (tertiary/aromatic N) is 2. The third kappa shape index (κ3) is 4.47. The number of benzene rings is 2. The van der Waals surface area contributed by atoms with Crippen LogP contribution in [0.1, 0.15) is 5.01 Å². The number of methoxy groups -OCH3 is 3. The molecule has 0 saturated heterocycles. The van der Waals surface area contributed by atoms with Gasteiger partial charge < -0.3 is 19.5 Å². The molecule has 1 N–H and O–H groups in total. The molecular weight excluding hydrogens is 393 g/mol. The van der Waals surface area contributed by atoms with Crippen LogP contribution in [0.5, 0.6) is 17.2 Å². The average Bonchev–Trinajstić information content (AvgIpc) is 3.23. The normalized spacial score (nSPS) is 10.9. The molecule has 1 heterocycles. The van der Waals surface area contributed by atoms with Crippen LogP contribution < -0.4 is 19.5 Å². The first-order valence-corrected chi connectivity index (χ1v) is 9.36. The van der Waals surface area contributed by atoms with Gasteiger partial charge in [0.05, 0.1) is 27.0 Å². The predicted molar refractivity (Wildman–Crippen MR) is 111 cm³/mol. The second kappa shape index (κ2) is 9.08. The fourth-order valence-electron chi connectivity index (χ4n) is 2.61. The summed E-state index contributed by atoms with van der Waals surface area (Å²) in [7, 11) is 4.59. The van der Waals surface area contributed by atoms with E-state index in [1.807, 2.05) is 5.38 Å². The Morgan fingerprint density at radius 3 is 2.31 bits per heavy atom. The SMILES string of the molecule is COc1cc(N/C=C(/C#N)c2nc(-c3ccc(F)cc3)cs2)cc(OC)c1OC. The minimum Gasteiger partial charge on any atom is -0.493 e. The summed E-state index contributed by atoms with van der Waals surface area (Å²) in [5.74, 6) is 1.16. The van der Waals surface area contributed by atoms with Crippen molar-refractivity contribution in [3.8, 4) is 34.6 Å². The maximum Gasteiger partial charge on any atom is 0.203 e. The molecule has 0 saturated carbocycles. The highest BCUT2D eigenvalue weighted by molar-refractivity contribution is 7.11. The molecule has 0 unspecified atom stereocenters. The number of rotatable bonds is 7. The van der Waals surface area contributed by atoms with Crippen molar-refractivity contribution in [1.82, 2.24) is 4.98 Å². The molecule has 0 aliphatic rings. The standard InChI is InChI=1S/C21H18FN3O3S/c1-26-18-8-16(9-19(27-2)20(18)28-3)24-11-14(10-23)21-25-17(12-29-21)13-4-6-15(22)7-5-13/h4-9,11-12,24H,1-3H3/b14-11-. The van der Waals surface area contributed by atoms with Gasteiger partial charge in [-0.15, -0.1) is 11.3 Å². The summed E-state index contributed by atoms with van der Waals surface area (Å²) >= 11 is 1.33. The van der Waals surface area contributed by atoms with Gasteiger partial charge in [-0.3, -0.25) is 0 Å². The van der Waals surface area contributed by atoms with E-state index < -0.39 is 0 Å². The van der Waals surface area contributed by atoms with E-state index in [1.54, 1.807) is 30.5 Å². The van der Waals surface area contributed by atoms with E-state index in [9.17, 15) is 9.65 Å². The Labute approximate surface area is 171 Å². The predicted octanol–water partition coefficient (Wildman–Crippen LogP) is 4.95. The molecule has 0 atom stereocenters. The molecule has 0 aliphatic carbocycles. The van der Waals surface area contributed by atoms with Crippen molar-refractivity contribution in [3.63, 3.8) is 0 Å². The average molecular weight is 411 g/mol. The molecule has 3 rings (SSSR count). The number of nitrogens with one attached hydrogen (secondary N) is 1. The minimum absolute atomic E-state index is 0.309. The van der Waals surface area contributed by atoms with Gasteiger partial charge in [-0.2, -0.15) is 5.26 Å². The summed E-state index contributed by atoms with van der Waals surface area (Å²) in [6.45, 7) is 0. The van der Waals surface area contributed by atoms with Gasteiger partial charge in [0, 0.05) is 35.0 Å². The van der Waals surface area contributed by atoms with Gasteiger partial charge in [0.25, 0.3) is 0 Å². The molecule has 0 radical (unpaired) electrons. The van der Waals surface area contributed by atoms with E-state index in [1.165, 1.54) is 44.8 Å². The van der Waals surface area contributed by atoms with Gasteiger partial charge in [-0.05, 0) is 24.3 Å². The minimum atomic E-state index is -0.309. The zero-order chi connectivity index (χ0) is 20.8. The fraction of sp³-hybridized carbons (Fsp3) is 0.143. The van der Waals surface area contributed by atoms with E-state index in [2.05, 4.69) is 16.4 Å². The van der Waals surface area contributed by atoms with Crippen molar-refractivity contribution in [2.75, 3.05) is 26.6 Å². The number of halogens is 1. The van der Waals surface area contributed by atoms with Crippen molar-refractivity contribution >= 4 is 22.6 Å². The fourth-order valence-corrected chi connectivity index (χ4v) is 3.41. The molecule has 0 amide bonds. The Hall–Kier alpha value is -3.57. The number of thiazole rings is 1. The smallest absolute Gasteiger partial charge is 0.203 e. The van der Waals surface area contributed by atoms with Crippen LogP contribution in [0.15, 0.2) is 48.0 Å². The van der Waals surface area contributed by atoms with Crippen LogP contribution >= 0.6 is 11.3 Å². The zero-order valence-corrected chi connectivity index (χ0v) is 16.8. The molecule has 2 aromatic carbocycles. The largest absolute Gasteiger partial charge is 0.493 e. The van der Waals surface area contributed by atoms with Crippen LogP contribution in [0.3, 0.4) is 0 Å². The van der Waals surface area contributed by atoms with Crippen LogP contribution in [0, 0.1) is 17.1 Å². The number of hydrogen-bond acceptors (Lipinski definition) is 7. The maximum absolute atomic E-state index is 13.1. The van der Waals surface area contributed by atoms with Crippen LogP contribution in [0.4, 0.5) is 10.1 Å². The van der Waals surface area contributed by atoms with Crippen LogP contribution in [0.2, 0.25) is 0 Å². The molecule has 29 heavy (non-hydrogen) atoms. The number of anilines is 1. The molecule has 0 spiro atoms. The Morgan fingerprint density at radius 1 is 1.10 bits per heavy atom. The summed E-state index contributed by atoms with van der Waals surface area (Å²) in [6.07, 6.45) is 1.56. The third-order valence-corrected chi connectivity index (χ3v) is 4.92. The number of hydrogen-bond donors (Lipinski definition) is 1. The monoisotopic (exact) mass is 411 g/mol. The van der Waals surface area contributed by atoms with E-state index in [0.717, 1.165) is 5.56 Å². The second-order valence-electron chi connectivity index (χ2n) is 5.77. The van der Waals surface area contributed by atoms with Crippen molar-refractivity contribution in [2.24, 2.45) is 0 Å². The molecule has 1 aromatic heterocycles. The molecule has 0 fully saturated rings. The van der Waals surface area contributed by atoms with E-state index >= 15 is 0 Å². The summed E-state index contributed by atoms with van der Waals surface area (Å²) < 4.78 is 29.1. The molecule has 148 valence electrons. The van der Waals surface area contributed by atoms with Crippen LogP contribution in [0.25, 0.3) is 16.8 Å². The van der Waals surface area contributed by atoms with Crippen LogP contribution in [-0.4, -0.2) is 26.3 Å². The molecule has 8 heteroatoms. The Kier molecular flexibility index (Phi) is 6.32. The quantitative estimate of drug-likeness (QED) is 0.554. The third-order valence-electron chi connectivity index (χ3n) is 4.04. The summed E-state index contributed by atoms with van der Waals surface area (Å²) in [4.78, 5) is 4.48. The van der Waals surface area contributed by atoms with E-state index in [-0.39, 0.29) is 5.82 Å². The van der Waals surface area contributed by atoms with E-state index in [0.29, 0.717) is 39.2 Å². The molecule has 0 bridgehead atoms. The number of allylic oxidation sites excluding steroid dienone is 1. The second-order valence-corrected chi connectivity index (χ2v) is 6.63. The Balaban J connectivity index is 1.86. The number of ether oxygens (including phenoxy) is 3. The van der Waals surface area contributed by atoms with Crippen molar-refractivity contribution in [3.05, 3.63) is 58.8 Å². The lowest BCUT2D eigenvalue weighted by atomic mass is 10.2. The van der Waals surface area contributed by atoms with Gasteiger partial charge in [-0.25, -0.2) is 9.37 Å². The first-order chi connectivity index (χ1) is 14.1. The lowest BCUT2D eigenvalue weighted by Gasteiger charge is -2.14. The molecule has 3 aromatic rings. The van der Waals surface area contributed by atoms with E-state index in [4.69, 9.17) is 14.2 Å². The lowest BCUT2D eigenvalue weighted by Crippen LogP contribution is -1.98. The zero-order valence-electron chi connectivity index (χ0n) is 16.0. The highest BCUT2D eigenvalue weighted by Gasteiger charge is 2.14. The molecular formula is C21H18FN3O3S. The number of nitriles is 1. The highest BCUT2D eigenvalue weighted by atomic mass is 32.1. The van der Waals surface area contributed by atoms with Crippen molar-refractivity contribution < 1.29 is 18.6 Å².